The molecule has 0 aromatic heterocycles. The van der Waals surface area contributed by atoms with Gasteiger partial charge < -0.3 is 20.6 Å². The summed E-state index contributed by atoms with van der Waals surface area (Å²) in [5.74, 6) is 0. The van der Waals surface area contributed by atoms with Gasteiger partial charge in [-0.05, 0) is 19.4 Å². The molecule has 0 amide bonds. The van der Waals surface area contributed by atoms with Crippen LogP contribution in [-0.4, -0.2) is 72.3 Å². The fourth-order valence-corrected chi connectivity index (χ4v) is 4.64. The largest absolute Gasteiger partial charge is 0.395 e. The fraction of sp³-hybridized carbons (Fsp3) is 1.00. The zero-order chi connectivity index (χ0) is 23.5. The minimum absolute atomic E-state index is 0.138. The predicted molar refractivity (Wildman–Crippen MR) is 138 cm³/mol. The molecule has 0 aliphatic rings. The summed E-state index contributed by atoms with van der Waals surface area (Å²) in [6, 6.07) is 0.395. The van der Waals surface area contributed by atoms with E-state index in [4.69, 9.17) is 5.11 Å². The normalized spacial score (nSPS) is 12.7. The average molecular weight is 459 g/mol. The van der Waals surface area contributed by atoms with Crippen molar-refractivity contribution in [2.24, 2.45) is 0 Å². The molecule has 0 radical (unpaired) electrons. The van der Waals surface area contributed by atoms with Gasteiger partial charge in [-0.25, -0.2) is 0 Å². The number of aliphatic hydroxyl groups excluding tert-OH is 3. The third kappa shape index (κ3) is 21.6. The van der Waals surface area contributed by atoms with E-state index in [1.807, 2.05) is 0 Å². The number of aliphatic hydroxyl groups is 3. The molecule has 0 aliphatic heterocycles. The van der Waals surface area contributed by atoms with Crippen molar-refractivity contribution in [2.75, 3.05) is 46.0 Å². The van der Waals surface area contributed by atoms with E-state index in [9.17, 15) is 10.2 Å². The summed E-state index contributed by atoms with van der Waals surface area (Å²) >= 11 is 0. The van der Waals surface area contributed by atoms with E-state index in [0.29, 0.717) is 25.7 Å². The van der Waals surface area contributed by atoms with Gasteiger partial charge in [0.2, 0.25) is 0 Å². The first-order chi connectivity index (χ1) is 15.8. The van der Waals surface area contributed by atoms with Crippen LogP contribution in [-0.2, 0) is 0 Å². The lowest BCUT2D eigenvalue weighted by Gasteiger charge is -2.31. The second kappa shape index (κ2) is 27.0. The van der Waals surface area contributed by atoms with Gasteiger partial charge in [-0.1, -0.05) is 110 Å². The summed E-state index contributed by atoms with van der Waals surface area (Å²) in [7, 11) is 0. The second-order valence-electron chi connectivity index (χ2n) is 9.49. The van der Waals surface area contributed by atoms with Crippen molar-refractivity contribution in [2.45, 2.75) is 129 Å². The topological polar surface area (TPSA) is 76.0 Å². The maximum Gasteiger partial charge on any atom is 0.0558 e. The van der Waals surface area contributed by atoms with Crippen LogP contribution in [0.2, 0.25) is 0 Å². The molecule has 32 heavy (non-hydrogen) atoms. The number of nitrogens with zero attached hydrogens (tertiary/aromatic N) is 1. The molecule has 0 rings (SSSR count). The molecule has 0 aliphatic carbocycles. The molecule has 0 aromatic rings. The molecule has 0 bridgehead atoms. The molecule has 194 valence electrons. The molecular weight excluding hydrogens is 400 g/mol. The Labute approximate surface area is 200 Å². The zero-order valence-corrected chi connectivity index (χ0v) is 21.5. The van der Waals surface area contributed by atoms with Gasteiger partial charge in [-0.3, -0.25) is 4.90 Å². The quantitative estimate of drug-likeness (QED) is 0.126. The van der Waals surface area contributed by atoms with Crippen LogP contribution in [0.4, 0.5) is 0 Å². The summed E-state index contributed by atoms with van der Waals surface area (Å²) in [5.41, 5.74) is 0. The maximum atomic E-state index is 9.36. The van der Waals surface area contributed by atoms with Crippen molar-refractivity contribution in [3.63, 3.8) is 0 Å². The highest BCUT2D eigenvalue weighted by Crippen LogP contribution is 2.16. The van der Waals surface area contributed by atoms with Crippen LogP contribution in [0.3, 0.4) is 0 Å². The van der Waals surface area contributed by atoms with E-state index in [0.717, 1.165) is 19.4 Å². The fourth-order valence-electron chi connectivity index (χ4n) is 4.64. The van der Waals surface area contributed by atoms with Crippen molar-refractivity contribution in [3.8, 4) is 0 Å². The molecule has 0 spiro atoms. The molecule has 0 saturated heterocycles. The highest BCUT2D eigenvalue weighted by molar-refractivity contribution is 4.73. The van der Waals surface area contributed by atoms with E-state index in [1.54, 1.807) is 0 Å². The average Bonchev–Trinajstić information content (AvgIpc) is 2.80. The summed E-state index contributed by atoms with van der Waals surface area (Å²) in [6.07, 6.45) is 24.3. The van der Waals surface area contributed by atoms with Crippen LogP contribution in [0.1, 0.15) is 122 Å². The van der Waals surface area contributed by atoms with Crippen LogP contribution in [0.15, 0.2) is 0 Å². The van der Waals surface area contributed by atoms with Crippen molar-refractivity contribution >= 4 is 0 Å². The first-order valence-corrected chi connectivity index (χ1v) is 14.1. The Hall–Kier alpha value is -0.200. The molecule has 0 saturated carbocycles. The summed E-state index contributed by atoms with van der Waals surface area (Å²) in [5, 5.41) is 30.9. The third-order valence-electron chi connectivity index (χ3n) is 6.62. The first kappa shape index (κ1) is 31.8. The monoisotopic (exact) mass is 458 g/mol. The minimum atomic E-state index is 0.138. The Morgan fingerprint density at radius 2 is 0.969 bits per heavy atom. The van der Waals surface area contributed by atoms with Crippen LogP contribution in [0.25, 0.3) is 0 Å². The van der Waals surface area contributed by atoms with E-state index < -0.39 is 0 Å². The van der Waals surface area contributed by atoms with Gasteiger partial charge in [-0.15, -0.1) is 0 Å². The molecule has 5 heteroatoms. The number of rotatable bonds is 27. The van der Waals surface area contributed by atoms with Crippen LogP contribution in [0.5, 0.6) is 0 Å². The Bertz CT molecular complexity index is 339. The summed E-state index contributed by atoms with van der Waals surface area (Å²) < 4.78 is 0. The minimum Gasteiger partial charge on any atom is -0.395 e. The van der Waals surface area contributed by atoms with Gasteiger partial charge in [0.25, 0.3) is 0 Å². The lowest BCUT2D eigenvalue weighted by Crippen LogP contribution is -2.41. The van der Waals surface area contributed by atoms with Crippen molar-refractivity contribution < 1.29 is 15.3 Å². The number of hydrogen-bond donors (Lipinski definition) is 4. The molecule has 0 aromatic carbocycles. The molecule has 0 fully saturated rings. The highest BCUT2D eigenvalue weighted by Gasteiger charge is 2.17. The smallest absolute Gasteiger partial charge is 0.0558 e. The van der Waals surface area contributed by atoms with Crippen LogP contribution in [0, 0.1) is 0 Å². The summed E-state index contributed by atoms with van der Waals surface area (Å²) in [6.45, 7) is 5.49. The van der Waals surface area contributed by atoms with Crippen molar-refractivity contribution in [1.29, 1.82) is 0 Å². The van der Waals surface area contributed by atoms with E-state index >= 15 is 0 Å². The maximum absolute atomic E-state index is 9.36. The lowest BCUT2D eigenvalue weighted by molar-refractivity contribution is 0.110. The Morgan fingerprint density at radius 1 is 0.531 bits per heavy atom. The predicted octanol–water partition coefficient (Wildman–Crippen LogP) is 5.27. The van der Waals surface area contributed by atoms with Gasteiger partial charge in [-0.2, -0.15) is 0 Å². The summed E-state index contributed by atoms with van der Waals surface area (Å²) in [4.78, 5) is 2.23. The Kier molecular flexibility index (Phi) is 26.9. The van der Waals surface area contributed by atoms with E-state index in [2.05, 4.69) is 17.1 Å². The van der Waals surface area contributed by atoms with Gasteiger partial charge in [0.1, 0.15) is 0 Å². The molecule has 1 atom stereocenters. The van der Waals surface area contributed by atoms with Gasteiger partial charge in [0.05, 0.1) is 19.8 Å². The number of unbranched alkanes of at least 4 members (excludes halogenated alkanes) is 15. The lowest BCUT2D eigenvalue weighted by atomic mass is 10.0. The van der Waals surface area contributed by atoms with Crippen molar-refractivity contribution in [1.82, 2.24) is 10.2 Å². The van der Waals surface area contributed by atoms with Gasteiger partial charge >= 0.3 is 0 Å². The Morgan fingerprint density at radius 3 is 1.38 bits per heavy atom. The van der Waals surface area contributed by atoms with Gasteiger partial charge in [0.15, 0.2) is 0 Å². The third-order valence-corrected chi connectivity index (χ3v) is 6.62. The van der Waals surface area contributed by atoms with Crippen LogP contribution < -0.4 is 5.32 Å². The second-order valence-corrected chi connectivity index (χ2v) is 9.49. The number of nitrogens with one attached hydrogen (secondary N) is 1. The molecule has 5 nitrogen and oxygen atoms in total. The molecule has 1 unspecified atom stereocenters. The molecule has 0 heterocycles. The van der Waals surface area contributed by atoms with Crippen LogP contribution >= 0.6 is 0 Å². The van der Waals surface area contributed by atoms with Gasteiger partial charge in [0, 0.05) is 25.7 Å². The molecular formula is C27H58N2O3. The van der Waals surface area contributed by atoms with E-state index in [-0.39, 0.29) is 19.8 Å². The number of hydrogen-bond acceptors (Lipinski definition) is 5. The zero-order valence-electron chi connectivity index (χ0n) is 21.5. The highest BCUT2D eigenvalue weighted by atomic mass is 16.3. The van der Waals surface area contributed by atoms with Crippen molar-refractivity contribution in [3.05, 3.63) is 0 Å². The standard InChI is InChI=1S/C27H58N2O3/c1-2-3-4-5-6-7-8-9-10-11-12-13-14-15-16-17-18-27(19-20-28-21-24-30)29(22-25-31)23-26-32/h27-28,30-32H,2-26H2,1H3. The Balaban J connectivity index is 3.68. The molecule has 4 N–H and O–H groups in total. The van der Waals surface area contributed by atoms with E-state index in [1.165, 1.54) is 103 Å². The SMILES string of the molecule is CCCCCCCCCCCCCCCCCCC(CCNCCO)N(CCO)CCO. The first-order valence-electron chi connectivity index (χ1n) is 14.1.